The van der Waals surface area contributed by atoms with Crippen molar-refractivity contribution in [3.63, 3.8) is 0 Å². The van der Waals surface area contributed by atoms with Gasteiger partial charge in [0.1, 0.15) is 9.84 Å². The number of amides is 2. The Morgan fingerprint density at radius 3 is 2.10 bits per heavy atom. The van der Waals surface area contributed by atoms with Crippen molar-refractivity contribution in [2.75, 3.05) is 24.6 Å². The van der Waals surface area contributed by atoms with E-state index < -0.39 is 9.84 Å². The van der Waals surface area contributed by atoms with E-state index in [1.165, 1.54) is 0 Å². The highest BCUT2D eigenvalue weighted by Gasteiger charge is 2.29. The van der Waals surface area contributed by atoms with E-state index in [4.69, 9.17) is 5.73 Å². The predicted molar refractivity (Wildman–Crippen MR) is 74.5 cm³/mol. The second kappa shape index (κ2) is 6.11. The van der Waals surface area contributed by atoms with Crippen molar-refractivity contribution >= 4 is 21.7 Å². The van der Waals surface area contributed by atoms with Gasteiger partial charge in [0.15, 0.2) is 0 Å². The van der Waals surface area contributed by atoms with Crippen molar-refractivity contribution in [3.8, 4) is 0 Å². The molecule has 114 valence electrons. The van der Waals surface area contributed by atoms with E-state index in [1.54, 1.807) is 4.90 Å². The van der Waals surface area contributed by atoms with Gasteiger partial charge in [-0.2, -0.15) is 0 Å². The lowest BCUT2D eigenvalue weighted by Gasteiger charge is -2.32. The second-order valence-corrected chi connectivity index (χ2v) is 8.16. The van der Waals surface area contributed by atoms with Gasteiger partial charge in [0.2, 0.25) is 11.8 Å². The van der Waals surface area contributed by atoms with Crippen molar-refractivity contribution in [2.45, 2.75) is 32.1 Å². The standard InChI is InChI=1S/C13H22N2O4S/c14-13(17)11-1-5-15(6-2-11)12(16)9-10-3-7-20(18,19)8-4-10/h10-11H,1-9H2,(H2,14,17). The first-order valence-electron chi connectivity index (χ1n) is 7.15. The van der Waals surface area contributed by atoms with Crippen molar-refractivity contribution in [3.05, 3.63) is 0 Å². The molecular weight excluding hydrogens is 280 g/mol. The maximum absolute atomic E-state index is 12.2. The average Bonchev–Trinajstić information content (AvgIpc) is 2.41. The number of primary amides is 1. The van der Waals surface area contributed by atoms with Crippen LogP contribution >= 0.6 is 0 Å². The lowest BCUT2D eigenvalue weighted by molar-refractivity contribution is -0.135. The molecule has 0 unspecified atom stereocenters. The van der Waals surface area contributed by atoms with E-state index in [1.807, 2.05) is 0 Å². The summed E-state index contributed by atoms with van der Waals surface area (Å²) < 4.78 is 22.7. The van der Waals surface area contributed by atoms with Crippen LogP contribution in [0, 0.1) is 11.8 Å². The maximum Gasteiger partial charge on any atom is 0.222 e. The van der Waals surface area contributed by atoms with E-state index in [2.05, 4.69) is 0 Å². The molecule has 0 aromatic carbocycles. The predicted octanol–water partition coefficient (Wildman–Crippen LogP) is -0.0748. The van der Waals surface area contributed by atoms with E-state index in [-0.39, 0.29) is 35.2 Å². The van der Waals surface area contributed by atoms with Gasteiger partial charge in [-0.05, 0) is 31.6 Å². The topological polar surface area (TPSA) is 97.5 Å². The molecule has 0 saturated carbocycles. The van der Waals surface area contributed by atoms with Crippen LogP contribution in [0.2, 0.25) is 0 Å². The van der Waals surface area contributed by atoms with Crippen LogP contribution in [-0.4, -0.2) is 49.7 Å². The van der Waals surface area contributed by atoms with Crippen molar-refractivity contribution in [1.82, 2.24) is 4.90 Å². The number of likely N-dealkylation sites (tertiary alicyclic amines) is 1. The molecule has 2 heterocycles. The summed E-state index contributed by atoms with van der Waals surface area (Å²) in [4.78, 5) is 25.0. The zero-order valence-electron chi connectivity index (χ0n) is 11.6. The van der Waals surface area contributed by atoms with Crippen LogP contribution in [0.25, 0.3) is 0 Å². The summed E-state index contributed by atoms with van der Waals surface area (Å²) in [5.41, 5.74) is 5.26. The van der Waals surface area contributed by atoms with Gasteiger partial charge in [0.25, 0.3) is 0 Å². The minimum Gasteiger partial charge on any atom is -0.369 e. The molecule has 2 amide bonds. The van der Waals surface area contributed by atoms with Crippen LogP contribution in [0.3, 0.4) is 0 Å². The molecule has 6 nitrogen and oxygen atoms in total. The third kappa shape index (κ3) is 3.94. The molecule has 0 atom stereocenters. The Labute approximate surface area is 119 Å². The van der Waals surface area contributed by atoms with Crippen LogP contribution in [0.4, 0.5) is 0 Å². The summed E-state index contributed by atoms with van der Waals surface area (Å²) in [5, 5.41) is 0. The molecule has 0 aromatic heterocycles. The fourth-order valence-corrected chi connectivity index (χ4v) is 4.52. The summed E-state index contributed by atoms with van der Waals surface area (Å²) in [5.74, 6) is 0.272. The quantitative estimate of drug-likeness (QED) is 0.788. The molecular formula is C13H22N2O4S. The molecule has 0 spiro atoms. The van der Waals surface area contributed by atoms with Crippen LogP contribution in [0.1, 0.15) is 32.1 Å². The summed E-state index contributed by atoms with van der Waals surface area (Å²) in [6.07, 6.45) is 2.88. The average molecular weight is 302 g/mol. The zero-order chi connectivity index (χ0) is 14.8. The Hall–Kier alpha value is -1.11. The zero-order valence-corrected chi connectivity index (χ0v) is 12.4. The van der Waals surface area contributed by atoms with Gasteiger partial charge in [0.05, 0.1) is 11.5 Å². The Morgan fingerprint density at radius 2 is 1.60 bits per heavy atom. The molecule has 2 fully saturated rings. The normalized spacial score (nSPS) is 24.5. The highest BCUT2D eigenvalue weighted by Crippen LogP contribution is 2.24. The molecule has 0 aliphatic carbocycles. The van der Waals surface area contributed by atoms with E-state index >= 15 is 0 Å². The largest absolute Gasteiger partial charge is 0.369 e. The van der Waals surface area contributed by atoms with Crippen molar-refractivity contribution < 1.29 is 18.0 Å². The summed E-state index contributed by atoms with van der Waals surface area (Å²) in [6.45, 7) is 1.16. The highest BCUT2D eigenvalue weighted by molar-refractivity contribution is 7.91. The molecule has 2 N–H and O–H groups in total. The third-order valence-electron chi connectivity index (χ3n) is 4.39. The molecule has 2 aliphatic heterocycles. The SMILES string of the molecule is NC(=O)C1CCN(C(=O)CC2CCS(=O)(=O)CC2)CC1. The van der Waals surface area contributed by atoms with Gasteiger partial charge in [0, 0.05) is 25.4 Å². The third-order valence-corrected chi connectivity index (χ3v) is 6.10. The Bertz CT molecular complexity index is 467. The number of rotatable bonds is 3. The molecule has 0 bridgehead atoms. The van der Waals surface area contributed by atoms with E-state index in [0.717, 1.165) is 0 Å². The molecule has 2 aliphatic rings. The number of nitrogens with zero attached hydrogens (tertiary/aromatic N) is 1. The number of carbonyl (C=O) groups excluding carboxylic acids is 2. The molecule has 2 saturated heterocycles. The van der Waals surface area contributed by atoms with Gasteiger partial charge < -0.3 is 10.6 Å². The van der Waals surface area contributed by atoms with Gasteiger partial charge in [-0.25, -0.2) is 8.42 Å². The minimum absolute atomic E-state index is 0.0808. The van der Waals surface area contributed by atoms with Gasteiger partial charge >= 0.3 is 0 Å². The lowest BCUT2D eigenvalue weighted by Crippen LogP contribution is -2.42. The number of piperidine rings is 1. The number of nitrogens with two attached hydrogens (primary N) is 1. The maximum atomic E-state index is 12.2. The molecule has 0 aromatic rings. The second-order valence-electron chi connectivity index (χ2n) is 5.86. The fraction of sp³-hybridized carbons (Fsp3) is 0.846. The van der Waals surface area contributed by atoms with E-state index in [0.29, 0.717) is 45.2 Å². The lowest BCUT2D eigenvalue weighted by atomic mass is 9.94. The summed E-state index contributed by atoms with van der Waals surface area (Å²) >= 11 is 0. The van der Waals surface area contributed by atoms with Crippen molar-refractivity contribution in [1.29, 1.82) is 0 Å². The number of hydrogen-bond acceptors (Lipinski definition) is 4. The number of hydrogen-bond donors (Lipinski definition) is 1. The molecule has 2 rings (SSSR count). The highest BCUT2D eigenvalue weighted by atomic mass is 32.2. The van der Waals surface area contributed by atoms with Crippen LogP contribution in [-0.2, 0) is 19.4 Å². The fourth-order valence-electron chi connectivity index (χ4n) is 2.93. The summed E-state index contributed by atoms with van der Waals surface area (Å²) in [7, 11) is -2.87. The molecule has 0 radical (unpaired) electrons. The molecule has 20 heavy (non-hydrogen) atoms. The number of sulfone groups is 1. The van der Waals surface area contributed by atoms with Crippen LogP contribution < -0.4 is 5.73 Å². The Balaban J connectivity index is 1.77. The first-order chi connectivity index (χ1) is 9.37. The van der Waals surface area contributed by atoms with Gasteiger partial charge in [-0.1, -0.05) is 0 Å². The summed E-state index contributed by atoms with van der Waals surface area (Å²) in [6, 6.07) is 0. The number of carbonyl (C=O) groups is 2. The Kier molecular flexibility index (Phi) is 4.67. The monoisotopic (exact) mass is 302 g/mol. The smallest absolute Gasteiger partial charge is 0.222 e. The first kappa shape index (κ1) is 15.3. The van der Waals surface area contributed by atoms with Crippen LogP contribution in [0.15, 0.2) is 0 Å². The van der Waals surface area contributed by atoms with Crippen molar-refractivity contribution in [2.24, 2.45) is 17.6 Å². The first-order valence-corrected chi connectivity index (χ1v) is 8.97. The van der Waals surface area contributed by atoms with Gasteiger partial charge in [-0.3, -0.25) is 9.59 Å². The molecule has 7 heteroatoms. The minimum atomic E-state index is -2.87. The van der Waals surface area contributed by atoms with Gasteiger partial charge in [-0.15, -0.1) is 0 Å². The van der Waals surface area contributed by atoms with E-state index in [9.17, 15) is 18.0 Å². The van der Waals surface area contributed by atoms with Crippen LogP contribution in [0.5, 0.6) is 0 Å². The Morgan fingerprint density at radius 1 is 1.05 bits per heavy atom.